The Balaban J connectivity index is 1.67. The zero-order valence-electron chi connectivity index (χ0n) is 20.4. The predicted octanol–water partition coefficient (Wildman–Crippen LogP) is 0.989. The van der Waals surface area contributed by atoms with E-state index in [0.29, 0.717) is 35.8 Å². The fourth-order valence-corrected chi connectivity index (χ4v) is 6.63. The normalized spacial score (nSPS) is 29.6. The van der Waals surface area contributed by atoms with E-state index in [-0.39, 0.29) is 29.7 Å². The molecule has 1 amide bonds. The summed E-state index contributed by atoms with van der Waals surface area (Å²) < 4.78 is 0. The molecule has 3 aliphatic carbocycles. The molecule has 1 aromatic rings. The SMILES string of the molecule is CN(C)[C@H]1C(=O)C(C(N)=O)=C(O)[C@@]2(O)C(=O)C3=C(O)c4c(O)c(CN5CC=CC5)cc(Cl)c4C[C@H]3C[C@@H]12. The molecule has 4 atom stereocenters. The summed E-state index contributed by atoms with van der Waals surface area (Å²) in [5.74, 6) is -6.76. The van der Waals surface area contributed by atoms with E-state index < -0.39 is 58.0 Å². The van der Waals surface area contributed by atoms with Crippen LogP contribution in [0.2, 0.25) is 5.02 Å². The van der Waals surface area contributed by atoms with E-state index in [1.165, 1.54) is 4.90 Å². The van der Waals surface area contributed by atoms with E-state index in [2.05, 4.69) is 0 Å². The van der Waals surface area contributed by atoms with Gasteiger partial charge in [-0.3, -0.25) is 24.2 Å². The topological polar surface area (TPSA) is 165 Å². The number of aliphatic hydroxyl groups excluding tert-OH is 2. The summed E-state index contributed by atoms with van der Waals surface area (Å²) >= 11 is 6.61. The van der Waals surface area contributed by atoms with Gasteiger partial charge < -0.3 is 26.2 Å². The second-order valence-corrected chi connectivity index (χ2v) is 10.8. The van der Waals surface area contributed by atoms with Gasteiger partial charge in [0.25, 0.3) is 5.91 Å². The number of halogens is 1. The number of hydrogen-bond donors (Lipinski definition) is 5. The lowest BCUT2D eigenvalue weighted by atomic mass is 9.57. The number of benzene rings is 1. The van der Waals surface area contributed by atoms with Crippen LogP contribution >= 0.6 is 11.6 Å². The summed E-state index contributed by atoms with van der Waals surface area (Å²) in [7, 11) is 3.11. The number of carbonyl (C=O) groups is 3. The van der Waals surface area contributed by atoms with Crippen LogP contribution in [0.15, 0.2) is 35.1 Å². The number of nitrogens with zero attached hydrogens (tertiary/aromatic N) is 2. The van der Waals surface area contributed by atoms with Gasteiger partial charge in [-0.1, -0.05) is 23.8 Å². The molecule has 0 bridgehead atoms. The molecule has 0 unspecified atom stereocenters. The number of fused-ring (bicyclic) bond motifs is 3. The first-order valence-electron chi connectivity index (χ1n) is 11.9. The van der Waals surface area contributed by atoms with Crippen LogP contribution in [0.1, 0.15) is 23.1 Å². The first-order chi connectivity index (χ1) is 17.4. The zero-order chi connectivity index (χ0) is 27.0. The third-order valence-corrected chi connectivity index (χ3v) is 8.37. The molecule has 196 valence electrons. The number of likely N-dealkylation sites (N-methyl/N-ethyl adjacent to an activating group) is 1. The fraction of sp³-hybridized carbons (Fsp3) is 0.423. The lowest BCUT2D eigenvalue weighted by Gasteiger charge is -2.50. The van der Waals surface area contributed by atoms with E-state index in [0.717, 1.165) is 0 Å². The summed E-state index contributed by atoms with van der Waals surface area (Å²) in [6, 6.07) is 0.520. The summed E-state index contributed by atoms with van der Waals surface area (Å²) in [6.07, 6.45) is 4.17. The number of primary amides is 1. The minimum absolute atomic E-state index is 0.00551. The Morgan fingerprint density at radius 3 is 2.46 bits per heavy atom. The molecule has 5 rings (SSSR count). The Labute approximate surface area is 217 Å². The van der Waals surface area contributed by atoms with E-state index in [1.807, 2.05) is 17.1 Å². The number of carbonyl (C=O) groups excluding carboxylic acids is 3. The standard InChI is InChI=1S/C26H28ClN3O7/c1-29(2)19-14-8-11-7-13-15(27)9-12(10-30-5-3-4-6-30)20(31)17(13)21(32)16(11)23(34)26(14,37)24(35)18(22(19)33)25(28)36/h3-4,9,11,14,19,31-32,35,37H,5-8,10H2,1-2H3,(H2,28,36)/t11-,14-,19+,26-/m0/s1. The van der Waals surface area contributed by atoms with Gasteiger partial charge in [-0.25, -0.2) is 0 Å². The van der Waals surface area contributed by atoms with Gasteiger partial charge in [0.05, 0.1) is 11.6 Å². The number of phenolic OH excluding ortho intramolecular Hbond substituents is 1. The van der Waals surface area contributed by atoms with Crippen molar-refractivity contribution in [3.05, 3.63) is 56.8 Å². The molecule has 0 spiro atoms. The molecule has 1 saturated carbocycles. The third-order valence-electron chi connectivity index (χ3n) is 8.03. The number of aromatic hydroxyl groups is 1. The maximum Gasteiger partial charge on any atom is 0.255 e. The highest BCUT2D eigenvalue weighted by Crippen LogP contribution is 2.53. The maximum atomic E-state index is 13.9. The van der Waals surface area contributed by atoms with Gasteiger partial charge in [-0.2, -0.15) is 0 Å². The molecular weight excluding hydrogens is 502 g/mol. The van der Waals surface area contributed by atoms with E-state index in [9.17, 15) is 34.8 Å². The Hall–Kier alpha value is -3.18. The minimum atomic E-state index is -2.66. The number of Topliss-reactive ketones (excluding diaryl/α,β-unsaturated/α-hetero) is 2. The first kappa shape index (κ1) is 25.5. The summed E-state index contributed by atoms with van der Waals surface area (Å²) in [5.41, 5.74) is 2.57. The molecule has 11 heteroatoms. The zero-order valence-corrected chi connectivity index (χ0v) is 21.1. The highest BCUT2D eigenvalue weighted by Gasteiger charge is 2.64. The molecule has 1 heterocycles. The summed E-state index contributed by atoms with van der Waals surface area (Å²) in [6.45, 7) is 1.74. The Morgan fingerprint density at radius 2 is 1.86 bits per heavy atom. The van der Waals surface area contributed by atoms with Crippen LogP contribution in [0, 0.1) is 11.8 Å². The van der Waals surface area contributed by atoms with Crippen molar-refractivity contribution in [1.82, 2.24) is 9.80 Å². The van der Waals surface area contributed by atoms with Crippen molar-refractivity contribution >= 4 is 34.8 Å². The highest BCUT2D eigenvalue weighted by molar-refractivity contribution is 6.32. The molecule has 37 heavy (non-hydrogen) atoms. The van der Waals surface area contributed by atoms with Crippen molar-refractivity contribution in [2.75, 3.05) is 27.2 Å². The molecule has 4 aliphatic rings. The van der Waals surface area contributed by atoms with Gasteiger partial charge >= 0.3 is 0 Å². The van der Waals surface area contributed by atoms with Crippen molar-refractivity contribution < 1.29 is 34.8 Å². The van der Waals surface area contributed by atoms with Gasteiger partial charge in [0.2, 0.25) is 5.78 Å². The van der Waals surface area contributed by atoms with Gasteiger partial charge in [-0.05, 0) is 44.5 Å². The van der Waals surface area contributed by atoms with Gasteiger partial charge in [0.15, 0.2) is 11.4 Å². The first-order valence-corrected chi connectivity index (χ1v) is 12.3. The van der Waals surface area contributed by atoms with Crippen LogP contribution in [0.3, 0.4) is 0 Å². The number of hydrogen-bond acceptors (Lipinski definition) is 9. The lowest BCUT2D eigenvalue weighted by Crippen LogP contribution is -2.65. The quantitative estimate of drug-likeness (QED) is 0.282. The fourth-order valence-electron chi connectivity index (χ4n) is 6.33. The molecule has 0 aromatic heterocycles. The van der Waals surface area contributed by atoms with Crippen LogP contribution in [0.4, 0.5) is 0 Å². The van der Waals surface area contributed by atoms with Crippen LogP contribution < -0.4 is 5.73 Å². The molecule has 0 radical (unpaired) electrons. The molecule has 1 aromatic carbocycles. The predicted molar refractivity (Wildman–Crippen MR) is 134 cm³/mol. The number of aliphatic hydroxyl groups is 3. The van der Waals surface area contributed by atoms with Crippen LogP contribution in [0.5, 0.6) is 5.75 Å². The average molecular weight is 530 g/mol. The number of rotatable bonds is 4. The molecular formula is C26H28ClN3O7. The molecule has 0 saturated heterocycles. The average Bonchev–Trinajstić information content (AvgIpc) is 3.32. The second kappa shape index (κ2) is 8.70. The third kappa shape index (κ3) is 3.54. The second-order valence-electron chi connectivity index (χ2n) is 10.3. The number of ketones is 2. The van der Waals surface area contributed by atoms with E-state index >= 15 is 0 Å². The number of phenols is 1. The Kier molecular flexibility index (Phi) is 5.99. The van der Waals surface area contributed by atoms with E-state index in [1.54, 1.807) is 20.2 Å². The molecule has 1 fully saturated rings. The van der Waals surface area contributed by atoms with Crippen molar-refractivity contribution in [1.29, 1.82) is 0 Å². The summed E-state index contributed by atoms with van der Waals surface area (Å²) in [4.78, 5) is 42.6. The van der Waals surface area contributed by atoms with Crippen molar-refractivity contribution in [3.63, 3.8) is 0 Å². The Morgan fingerprint density at radius 1 is 1.22 bits per heavy atom. The van der Waals surface area contributed by atoms with Gasteiger partial charge in [0, 0.05) is 41.7 Å². The smallest absolute Gasteiger partial charge is 0.255 e. The number of nitrogens with two attached hydrogens (primary N) is 1. The maximum absolute atomic E-state index is 13.9. The monoisotopic (exact) mass is 529 g/mol. The van der Waals surface area contributed by atoms with E-state index in [4.69, 9.17) is 17.3 Å². The summed E-state index contributed by atoms with van der Waals surface area (Å²) in [5, 5.41) is 45.4. The van der Waals surface area contributed by atoms with Crippen LogP contribution in [-0.4, -0.2) is 86.5 Å². The number of amides is 1. The van der Waals surface area contributed by atoms with Crippen LogP contribution in [0.25, 0.3) is 5.76 Å². The Bertz CT molecular complexity index is 1340. The largest absolute Gasteiger partial charge is 0.508 e. The van der Waals surface area contributed by atoms with Crippen molar-refractivity contribution in [2.24, 2.45) is 17.6 Å². The van der Waals surface area contributed by atoms with Crippen molar-refractivity contribution in [2.45, 2.75) is 31.0 Å². The lowest BCUT2D eigenvalue weighted by molar-refractivity contribution is -0.153. The van der Waals surface area contributed by atoms with Crippen molar-refractivity contribution in [3.8, 4) is 5.75 Å². The van der Waals surface area contributed by atoms with Gasteiger partial charge in [0.1, 0.15) is 22.8 Å². The highest BCUT2D eigenvalue weighted by atomic mass is 35.5. The molecule has 1 aliphatic heterocycles. The van der Waals surface area contributed by atoms with Crippen LogP contribution in [-0.2, 0) is 27.3 Å². The van der Waals surface area contributed by atoms with Gasteiger partial charge in [-0.15, -0.1) is 0 Å². The molecule has 10 nitrogen and oxygen atoms in total. The minimum Gasteiger partial charge on any atom is -0.508 e. The molecule has 6 N–H and O–H groups in total.